The molecule has 0 aliphatic rings. The summed E-state index contributed by atoms with van der Waals surface area (Å²) in [5, 5.41) is 9.90. The molecular weight excluding hydrogens is 212 g/mol. The Hall–Kier alpha value is -1.00. The summed E-state index contributed by atoms with van der Waals surface area (Å²) in [7, 11) is 0. The lowest BCUT2D eigenvalue weighted by molar-refractivity contribution is 0.0983. The highest BCUT2D eigenvalue weighted by molar-refractivity contribution is 5.23. The fourth-order valence-electron chi connectivity index (χ4n) is 1.73. The van der Waals surface area contributed by atoms with Crippen molar-refractivity contribution in [2.75, 3.05) is 6.54 Å². The molecule has 4 heteroatoms. The Bertz CT molecular complexity index is 335. The van der Waals surface area contributed by atoms with Gasteiger partial charge in [0, 0.05) is 18.5 Å². The van der Waals surface area contributed by atoms with Crippen molar-refractivity contribution in [1.82, 2.24) is 0 Å². The molecule has 90 valence electrons. The molecule has 0 bridgehead atoms. The van der Waals surface area contributed by atoms with Crippen molar-refractivity contribution in [3.63, 3.8) is 0 Å². The minimum Gasteiger partial charge on any atom is -0.392 e. The lowest BCUT2D eigenvalue weighted by atomic mass is 9.87. The molecule has 0 radical (unpaired) electrons. The molecule has 0 spiro atoms. The number of rotatable bonds is 4. The third-order valence-corrected chi connectivity index (χ3v) is 2.66. The quantitative estimate of drug-likeness (QED) is 0.829. The Morgan fingerprint density at radius 3 is 2.06 bits per heavy atom. The SMILES string of the molecule is CC(C)C(O)C(CN)c1cc(F)cc(F)c1. The van der Waals surface area contributed by atoms with E-state index in [-0.39, 0.29) is 12.5 Å². The first-order valence-corrected chi connectivity index (χ1v) is 5.29. The van der Waals surface area contributed by atoms with Gasteiger partial charge in [0.15, 0.2) is 0 Å². The van der Waals surface area contributed by atoms with Crippen molar-refractivity contribution in [2.24, 2.45) is 11.7 Å². The van der Waals surface area contributed by atoms with Crippen LogP contribution in [0.2, 0.25) is 0 Å². The highest BCUT2D eigenvalue weighted by Crippen LogP contribution is 2.24. The summed E-state index contributed by atoms with van der Waals surface area (Å²) in [4.78, 5) is 0. The van der Waals surface area contributed by atoms with Crippen LogP contribution in [0.4, 0.5) is 8.78 Å². The van der Waals surface area contributed by atoms with E-state index in [4.69, 9.17) is 5.73 Å². The first kappa shape index (κ1) is 13.1. The van der Waals surface area contributed by atoms with Crippen LogP contribution in [0.1, 0.15) is 25.3 Å². The van der Waals surface area contributed by atoms with Crippen LogP contribution < -0.4 is 5.73 Å². The maximum atomic E-state index is 13.0. The smallest absolute Gasteiger partial charge is 0.126 e. The van der Waals surface area contributed by atoms with Gasteiger partial charge < -0.3 is 10.8 Å². The molecule has 16 heavy (non-hydrogen) atoms. The normalized spacial score (nSPS) is 15.2. The van der Waals surface area contributed by atoms with Gasteiger partial charge in [0.1, 0.15) is 11.6 Å². The monoisotopic (exact) mass is 229 g/mol. The van der Waals surface area contributed by atoms with E-state index in [1.165, 1.54) is 12.1 Å². The zero-order valence-corrected chi connectivity index (χ0v) is 9.45. The third kappa shape index (κ3) is 3.00. The van der Waals surface area contributed by atoms with Crippen LogP contribution in [0.3, 0.4) is 0 Å². The van der Waals surface area contributed by atoms with E-state index in [0.717, 1.165) is 6.07 Å². The fraction of sp³-hybridized carbons (Fsp3) is 0.500. The molecule has 1 aromatic carbocycles. The van der Waals surface area contributed by atoms with Crippen LogP contribution in [0.5, 0.6) is 0 Å². The van der Waals surface area contributed by atoms with Crippen LogP contribution in [0.15, 0.2) is 18.2 Å². The maximum absolute atomic E-state index is 13.0. The first-order chi connectivity index (χ1) is 7.45. The highest BCUT2D eigenvalue weighted by Gasteiger charge is 2.23. The van der Waals surface area contributed by atoms with Gasteiger partial charge in [-0.25, -0.2) is 8.78 Å². The molecule has 0 saturated heterocycles. The number of hydrogen-bond donors (Lipinski definition) is 2. The van der Waals surface area contributed by atoms with Crippen LogP contribution >= 0.6 is 0 Å². The lowest BCUT2D eigenvalue weighted by Gasteiger charge is -2.25. The van der Waals surface area contributed by atoms with Crippen LogP contribution in [-0.2, 0) is 0 Å². The maximum Gasteiger partial charge on any atom is 0.126 e. The van der Waals surface area contributed by atoms with E-state index in [0.29, 0.717) is 5.56 Å². The van der Waals surface area contributed by atoms with E-state index < -0.39 is 23.7 Å². The second-order valence-electron chi connectivity index (χ2n) is 4.28. The summed E-state index contributed by atoms with van der Waals surface area (Å²) in [5.41, 5.74) is 5.94. The number of nitrogens with two attached hydrogens (primary N) is 1. The van der Waals surface area contributed by atoms with Crippen LogP contribution in [-0.4, -0.2) is 17.8 Å². The van der Waals surface area contributed by atoms with E-state index in [2.05, 4.69) is 0 Å². The molecule has 0 fully saturated rings. The van der Waals surface area contributed by atoms with Crippen molar-refractivity contribution >= 4 is 0 Å². The largest absolute Gasteiger partial charge is 0.392 e. The highest BCUT2D eigenvalue weighted by atomic mass is 19.1. The molecule has 0 aliphatic carbocycles. The molecular formula is C12H17F2NO. The Labute approximate surface area is 94.1 Å². The van der Waals surface area contributed by atoms with Crippen molar-refractivity contribution in [2.45, 2.75) is 25.9 Å². The fourth-order valence-corrected chi connectivity index (χ4v) is 1.73. The van der Waals surface area contributed by atoms with Gasteiger partial charge >= 0.3 is 0 Å². The zero-order chi connectivity index (χ0) is 12.3. The van der Waals surface area contributed by atoms with Gasteiger partial charge in [-0.3, -0.25) is 0 Å². The Kier molecular flexibility index (Phi) is 4.38. The van der Waals surface area contributed by atoms with E-state index >= 15 is 0 Å². The molecule has 3 N–H and O–H groups in total. The third-order valence-electron chi connectivity index (χ3n) is 2.66. The molecule has 2 nitrogen and oxygen atoms in total. The van der Waals surface area contributed by atoms with E-state index in [1.807, 2.05) is 13.8 Å². The summed E-state index contributed by atoms with van der Waals surface area (Å²) < 4.78 is 26.1. The van der Waals surface area contributed by atoms with Gasteiger partial charge in [0.05, 0.1) is 6.10 Å². The van der Waals surface area contributed by atoms with Crippen molar-refractivity contribution in [3.8, 4) is 0 Å². The number of benzene rings is 1. The molecule has 0 heterocycles. The van der Waals surface area contributed by atoms with Gasteiger partial charge in [-0.2, -0.15) is 0 Å². The number of aliphatic hydroxyl groups is 1. The number of hydrogen-bond acceptors (Lipinski definition) is 2. The number of halogens is 2. The topological polar surface area (TPSA) is 46.2 Å². The molecule has 0 aromatic heterocycles. The second-order valence-corrected chi connectivity index (χ2v) is 4.28. The molecule has 0 amide bonds. The van der Waals surface area contributed by atoms with Gasteiger partial charge in [-0.1, -0.05) is 13.8 Å². The standard InChI is InChI=1S/C12H17F2NO/c1-7(2)12(16)11(6-15)8-3-9(13)5-10(14)4-8/h3-5,7,11-12,16H,6,15H2,1-2H3. The average molecular weight is 229 g/mol. The van der Waals surface area contributed by atoms with Gasteiger partial charge in [0.2, 0.25) is 0 Å². The molecule has 0 aliphatic heterocycles. The summed E-state index contributed by atoms with van der Waals surface area (Å²) in [6.07, 6.45) is -0.703. The zero-order valence-electron chi connectivity index (χ0n) is 9.45. The Balaban J connectivity index is 3.03. The van der Waals surface area contributed by atoms with Gasteiger partial charge in [-0.05, 0) is 23.6 Å². The summed E-state index contributed by atoms with van der Waals surface area (Å²) in [6.45, 7) is 3.83. The first-order valence-electron chi connectivity index (χ1n) is 5.29. The lowest BCUT2D eigenvalue weighted by Crippen LogP contribution is -2.30. The summed E-state index contributed by atoms with van der Waals surface area (Å²) in [5.74, 6) is -1.75. The molecule has 1 rings (SSSR count). The summed E-state index contributed by atoms with van der Waals surface area (Å²) >= 11 is 0. The summed E-state index contributed by atoms with van der Waals surface area (Å²) in [6, 6.07) is 3.23. The van der Waals surface area contributed by atoms with E-state index in [1.54, 1.807) is 0 Å². The predicted octanol–water partition coefficient (Wildman–Crippen LogP) is 2.02. The van der Waals surface area contributed by atoms with E-state index in [9.17, 15) is 13.9 Å². The molecule has 2 atom stereocenters. The van der Waals surface area contributed by atoms with Crippen molar-refractivity contribution in [3.05, 3.63) is 35.4 Å². The Morgan fingerprint density at radius 2 is 1.69 bits per heavy atom. The molecule has 0 saturated carbocycles. The van der Waals surface area contributed by atoms with Gasteiger partial charge in [0.25, 0.3) is 0 Å². The predicted molar refractivity (Wildman–Crippen MR) is 59.0 cm³/mol. The second kappa shape index (κ2) is 5.37. The van der Waals surface area contributed by atoms with Crippen molar-refractivity contribution in [1.29, 1.82) is 0 Å². The minimum atomic E-state index is -0.703. The molecule has 2 unspecified atom stereocenters. The minimum absolute atomic E-state index is 0.0140. The number of aliphatic hydroxyl groups excluding tert-OH is 1. The van der Waals surface area contributed by atoms with Crippen LogP contribution in [0.25, 0.3) is 0 Å². The van der Waals surface area contributed by atoms with Crippen molar-refractivity contribution < 1.29 is 13.9 Å². The average Bonchev–Trinajstić information content (AvgIpc) is 2.16. The Morgan fingerprint density at radius 1 is 1.19 bits per heavy atom. The van der Waals surface area contributed by atoms with Crippen LogP contribution in [0, 0.1) is 17.6 Å². The van der Waals surface area contributed by atoms with Gasteiger partial charge in [-0.15, -0.1) is 0 Å². The molecule has 1 aromatic rings.